The van der Waals surface area contributed by atoms with Gasteiger partial charge in [-0.25, -0.2) is 0 Å². The highest BCUT2D eigenvalue weighted by molar-refractivity contribution is 7.80. The van der Waals surface area contributed by atoms with Crippen LogP contribution in [0.3, 0.4) is 0 Å². The molecule has 3 N–H and O–H groups in total. The van der Waals surface area contributed by atoms with Crippen LogP contribution >= 0.6 is 12.2 Å². The Kier molecular flexibility index (Phi) is 5.43. The highest BCUT2D eigenvalue weighted by atomic mass is 32.1. The van der Waals surface area contributed by atoms with Crippen LogP contribution in [0.15, 0.2) is 48.5 Å². The fraction of sp³-hybridized carbons (Fsp3) is 0.118. The molecule has 0 saturated heterocycles. The normalized spacial score (nSPS) is 9.83. The third-order valence-electron chi connectivity index (χ3n) is 3.26. The van der Waals surface area contributed by atoms with Crippen molar-refractivity contribution < 1.29 is 9.59 Å². The fourth-order valence-electron chi connectivity index (χ4n) is 2.08. The molecule has 2 rings (SSSR count). The fourth-order valence-corrected chi connectivity index (χ4v) is 2.28. The van der Waals surface area contributed by atoms with Gasteiger partial charge in [-0.15, -0.1) is 0 Å². The zero-order valence-electron chi connectivity index (χ0n) is 12.8. The van der Waals surface area contributed by atoms with Crippen LogP contribution in [0.5, 0.6) is 0 Å². The molecule has 2 aromatic rings. The molecule has 0 aliphatic rings. The van der Waals surface area contributed by atoms with Crippen LogP contribution in [0, 0.1) is 6.92 Å². The standard InChI is InChI=1S/C17H17N3O2S/c1-11-7-3-4-8-12(11)16(22)20-17(23)19-14-10-6-5-9-13(14)15(21)18-2/h3-10H,1-2H3,(H,18,21)(H2,19,20,22,23). The van der Waals surface area contributed by atoms with E-state index < -0.39 is 0 Å². The Morgan fingerprint density at radius 1 is 0.913 bits per heavy atom. The number of carbonyl (C=O) groups excluding carboxylic acids is 2. The predicted octanol–water partition coefficient (Wildman–Crippen LogP) is 2.48. The van der Waals surface area contributed by atoms with Crippen molar-refractivity contribution >= 4 is 34.8 Å². The van der Waals surface area contributed by atoms with Gasteiger partial charge < -0.3 is 10.6 Å². The SMILES string of the molecule is CNC(=O)c1ccccc1NC(=S)NC(=O)c1ccccc1C. The molecule has 23 heavy (non-hydrogen) atoms. The number of benzene rings is 2. The minimum atomic E-state index is -0.293. The number of anilines is 1. The zero-order chi connectivity index (χ0) is 16.8. The first kappa shape index (κ1) is 16.6. The second-order valence-corrected chi connectivity index (χ2v) is 5.26. The molecule has 0 unspecified atom stereocenters. The summed E-state index contributed by atoms with van der Waals surface area (Å²) in [5, 5.41) is 8.20. The van der Waals surface area contributed by atoms with Gasteiger partial charge in [-0.2, -0.15) is 0 Å². The van der Waals surface area contributed by atoms with Gasteiger partial charge >= 0.3 is 0 Å². The monoisotopic (exact) mass is 327 g/mol. The molecule has 0 saturated carbocycles. The van der Waals surface area contributed by atoms with Crippen molar-refractivity contribution in [2.24, 2.45) is 0 Å². The van der Waals surface area contributed by atoms with E-state index in [-0.39, 0.29) is 16.9 Å². The van der Waals surface area contributed by atoms with E-state index in [1.807, 2.05) is 19.1 Å². The third kappa shape index (κ3) is 4.14. The predicted molar refractivity (Wildman–Crippen MR) is 94.7 cm³/mol. The van der Waals surface area contributed by atoms with E-state index in [1.165, 1.54) is 0 Å². The molecule has 0 spiro atoms. The summed E-state index contributed by atoms with van der Waals surface area (Å²) in [5.74, 6) is -0.529. The highest BCUT2D eigenvalue weighted by Crippen LogP contribution is 2.15. The first-order valence-electron chi connectivity index (χ1n) is 7.02. The van der Waals surface area contributed by atoms with Crippen LogP contribution in [-0.2, 0) is 0 Å². The lowest BCUT2D eigenvalue weighted by Gasteiger charge is -2.13. The maximum absolute atomic E-state index is 12.2. The summed E-state index contributed by atoms with van der Waals surface area (Å²) in [5.41, 5.74) is 2.39. The van der Waals surface area contributed by atoms with E-state index in [4.69, 9.17) is 12.2 Å². The first-order chi connectivity index (χ1) is 11.0. The lowest BCUT2D eigenvalue weighted by atomic mass is 10.1. The molecular weight excluding hydrogens is 310 g/mol. The van der Waals surface area contributed by atoms with Gasteiger partial charge in [0.25, 0.3) is 11.8 Å². The molecule has 5 nitrogen and oxygen atoms in total. The maximum Gasteiger partial charge on any atom is 0.257 e. The Bertz CT molecular complexity index is 759. The molecule has 2 aromatic carbocycles. The van der Waals surface area contributed by atoms with Crippen molar-refractivity contribution in [3.8, 4) is 0 Å². The number of amides is 2. The number of nitrogens with one attached hydrogen (secondary N) is 3. The van der Waals surface area contributed by atoms with Crippen LogP contribution < -0.4 is 16.0 Å². The number of thiocarbonyl (C=S) groups is 1. The largest absolute Gasteiger partial charge is 0.355 e. The van der Waals surface area contributed by atoms with Gasteiger partial charge in [0.15, 0.2) is 5.11 Å². The quantitative estimate of drug-likeness (QED) is 0.758. The molecule has 0 bridgehead atoms. The molecule has 0 atom stereocenters. The Hall–Kier alpha value is -2.73. The van der Waals surface area contributed by atoms with E-state index in [9.17, 15) is 9.59 Å². The molecule has 0 radical (unpaired) electrons. The van der Waals surface area contributed by atoms with Crippen LogP contribution in [0.1, 0.15) is 26.3 Å². The van der Waals surface area contributed by atoms with E-state index >= 15 is 0 Å². The summed E-state index contributed by atoms with van der Waals surface area (Å²) in [6.45, 7) is 1.85. The van der Waals surface area contributed by atoms with E-state index in [1.54, 1.807) is 43.4 Å². The molecule has 118 valence electrons. The second-order valence-electron chi connectivity index (χ2n) is 4.85. The summed E-state index contributed by atoms with van der Waals surface area (Å²) in [6, 6.07) is 14.2. The van der Waals surface area contributed by atoms with Gasteiger partial charge in [-0.3, -0.25) is 14.9 Å². The third-order valence-corrected chi connectivity index (χ3v) is 3.47. The lowest BCUT2D eigenvalue weighted by Crippen LogP contribution is -2.35. The van der Waals surface area contributed by atoms with Crippen LogP contribution in [0.4, 0.5) is 5.69 Å². The van der Waals surface area contributed by atoms with Gasteiger partial charge in [0.2, 0.25) is 0 Å². The number of hydrogen-bond acceptors (Lipinski definition) is 3. The number of aryl methyl sites for hydroxylation is 1. The zero-order valence-corrected chi connectivity index (χ0v) is 13.7. The van der Waals surface area contributed by atoms with Crippen molar-refractivity contribution in [3.63, 3.8) is 0 Å². The second kappa shape index (κ2) is 7.51. The van der Waals surface area contributed by atoms with Gasteiger partial charge in [-0.1, -0.05) is 30.3 Å². The summed E-state index contributed by atoms with van der Waals surface area (Å²) < 4.78 is 0. The smallest absolute Gasteiger partial charge is 0.257 e. The molecule has 0 aliphatic heterocycles. The van der Waals surface area contributed by atoms with Gasteiger partial charge in [0.05, 0.1) is 11.3 Å². The van der Waals surface area contributed by atoms with Gasteiger partial charge in [0.1, 0.15) is 0 Å². The maximum atomic E-state index is 12.2. The van der Waals surface area contributed by atoms with Gasteiger partial charge in [-0.05, 0) is 42.9 Å². The van der Waals surface area contributed by atoms with Crippen LogP contribution in [0.25, 0.3) is 0 Å². The number of rotatable bonds is 3. The average Bonchev–Trinajstić information content (AvgIpc) is 2.54. The van der Waals surface area contributed by atoms with E-state index in [0.717, 1.165) is 5.56 Å². The molecule has 0 aromatic heterocycles. The number of para-hydroxylation sites is 1. The molecule has 0 fully saturated rings. The lowest BCUT2D eigenvalue weighted by molar-refractivity contribution is 0.0960. The van der Waals surface area contributed by atoms with E-state index in [0.29, 0.717) is 16.8 Å². The Morgan fingerprint density at radius 3 is 2.17 bits per heavy atom. The minimum absolute atomic E-state index is 0.134. The Morgan fingerprint density at radius 2 is 1.52 bits per heavy atom. The molecule has 6 heteroatoms. The average molecular weight is 327 g/mol. The summed E-state index contributed by atoms with van der Waals surface area (Å²) >= 11 is 5.16. The van der Waals surface area contributed by atoms with Crippen molar-refractivity contribution in [2.45, 2.75) is 6.92 Å². The van der Waals surface area contributed by atoms with Crippen molar-refractivity contribution in [1.82, 2.24) is 10.6 Å². The topological polar surface area (TPSA) is 70.2 Å². The number of hydrogen-bond donors (Lipinski definition) is 3. The van der Waals surface area contributed by atoms with E-state index in [2.05, 4.69) is 16.0 Å². The van der Waals surface area contributed by atoms with Gasteiger partial charge in [0, 0.05) is 12.6 Å². The Balaban J connectivity index is 2.10. The first-order valence-corrected chi connectivity index (χ1v) is 7.43. The van der Waals surface area contributed by atoms with Crippen molar-refractivity contribution in [1.29, 1.82) is 0 Å². The summed E-state index contributed by atoms with van der Waals surface area (Å²) in [4.78, 5) is 24.0. The minimum Gasteiger partial charge on any atom is -0.355 e. The Labute approximate surface area is 140 Å². The molecule has 0 heterocycles. The number of carbonyl (C=O) groups is 2. The van der Waals surface area contributed by atoms with Crippen molar-refractivity contribution in [2.75, 3.05) is 12.4 Å². The molecule has 2 amide bonds. The van der Waals surface area contributed by atoms with Crippen molar-refractivity contribution in [3.05, 3.63) is 65.2 Å². The summed E-state index contributed by atoms with van der Waals surface area (Å²) in [7, 11) is 1.55. The highest BCUT2D eigenvalue weighted by Gasteiger charge is 2.13. The summed E-state index contributed by atoms with van der Waals surface area (Å²) in [6.07, 6.45) is 0. The molecule has 0 aliphatic carbocycles. The van der Waals surface area contributed by atoms with Crippen LogP contribution in [-0.4, -0.2) is 24.0 Å². The molecular formula is C17H17N3O2S. The van der Waals surface area contributed by atoms with Crippen LogP contribution in [0.2, 0.25) is 0 Å².